The highest BCUT2D eigenvalue weighted by molar-refractivity contribution is 6.30. The van der Waals surface area contributed by atoms with E-state index in [2.05, 4.69) is 15.3 Å². The molecule has 1 saturated carbocycles. The monoisotopic (exact) mass is 579 g/mol. The van der Waals surface area contributed by atoms with E-state index in [1.165, 1.54) is 0 Å². The minimum atomic E-state index is -4.77. The number of hydrogen-bond acceptors (Lipinski definition) is 4. The molecule has 11 heteroatoms. The molecule has 7 nitrogen and oxygen atoms in total. The first kappa shape index (κ1) is 27.0. The van der Waals surface area contributed by atoms with Crippen molar-refractivity contribution in [3.8, 4) is 5.69 Å². The maximum atomic E-state index is 13.8. The highest BCUT2D eigenvalue weighted by Gasteiger charge is 2.38. The van der Waals surface area contributed by atoms with Gasteiger partial charge < -0.3 is 5.32 Å². The third-order valence-corrected chi connectivity index (χ3v) is 7.88. The number of para-hydroxylation sites is 3. The Morgan fingerprint density at radius 2 is 1.71 bits per heavy atom. The summed E-state index contributed by atoms with van der Waals surface area (Å²) in [4.78, 5) is 34.5. The lowest BCUT2D eigenvalue weighted by Gasteiger charge is -2.29. The molecular formula is C30H25ClF3N5O2. The van der Waals surface area contributed by atoms with Gasteiger partial charge in [0.1, 0.15) is 0 Å². The number of hydrogen-bond donors (Lipinski definition) is 1. The van der Waals surface area contributed by atoms with Gasteiger partial charge in [-0.2, -0.15) is 13.2 Å². The van der Waals surface area contributed by atoms with Gasteiger partial charge in [-0.3, -0.25) is 18.9 Å². The van der Waals surface area contributed by atoms with Crippen molar-refractivity contribution in [1.82, 2.24) is 24.4 Å². The smallest absolute Gasteiger partial charge is 0.349 e. The summed E-state index contributed by atoms with van der Waals surface area (Å²) in [5.41, 5.74) is 1.04. The van der Waals surface area contributed by atoms with Gasteiger partial charge in [0.2, 0.25) is 0 Å². The van der Waals surface area contributed by atoms with Crippen LogP contribution >= 0.6 is 11.6 Å². The number of benzene rings is 2. The van der Waals surface area contributed by atoms with E-state index in [9.17, 15) is 22.8 Å². The second-order valence-electron chi connectivity index (χ2n) is 10.3. The van der Waals surface area contributed by atoms with Crippen molar-refractivity contribution in [3.05, 3.63) is 99.8 Å². The first-order valence-corrected chi connectivity index (χ1v) is 13.7. The molecule has 6 rings (SSSR count). The molecule has 210 valence electrons. The van der Waals surface area contributed by atoms with Crippen LogP contribution in [0.25, 0.3) is 27.6 Å². The molecule has 0 unspecified atom stereocenters. The van der Waals surface area contributed by atoms with Crippen LogP contribution in [-0.4, -0.2) is 31.1 Å². The van der Waals surface area contributed by atoms with Crippen LogP contribution in [0.5, 0.6) is 0 Å². The van der Waals surface area contributed by atoms with Gasteiger partial charge in [0.25, 0.3) is 5.91 Å². The van der Waals surface area contributed by atoms with E-state index >= 15 is 0 Å². The second-order valence-corrected chi connectivity index (χ2v) is 10.7. The molecule has 0 spiro atoms. The average molecular weight is 580 g/mol. The SMILES string of the molecule is O=C(N[C@H]1CC[C@H](Cn2c(=O)n(-c3cccc4cccnc34)c3ccccc32)CC1)c1cc(Cl)cnc1C(F)(F)F. The minimum Gasteiger partial charge on any atom is -0.349 e. The summed E-state index contributed by atoms with van der Waals surface area (Å²) in [7, 11) is 0. The number of nitrogens with one attached hydrogen (secondary N) is 1. The number of imidazole rings is 1. The lowest BCUT2D eigenvalue weighted by atomic mass is 9.85. The fourth-order valence-electron chi connectivity index (χ4n) is 5.74. The van der Waals surface area contributed by atoms with E-state index in [-0.39, 0.29) is 22.7 Å². The van der Waals surface area contributed by atoms with Gasteiger partial charge in [-0.1, -0.05) is 41.9 Å². The van der Waals surface area contributed by atoms with Crippen LogP contribution in [0.4, 0.5) is 13.2 Å². The molecule has 41 heavy (non-hydrogen) atoms. The Bertz CT molecular complexity index is 1820. The summed E-state index contributed by atoms with van der Waals surface area (Å²) >= 11 is 5.83. The molecule has 3 heterocycles. The van der Waals surface area contributed by atoms with E-state index in [4.69, 9.17) is 11.6 Å². The summed E-state index contributed by atoms with van der Waals surface area (Å²) in [5, 5.41) is 3.62. The van der Waals surface area contributed by atoms with Crippen molar-refractivity contribution in [1.29, 1.82) is 0 Å². The van der Waals surface area contributed by atoms with Crippen molar-refractivity contribution in [2.75, 3.05) is 0 Å². The van der Waals surface area contributed by atoms with Crippen LogP contribution in [0.15, 0.2) is 77.9 Å². The molecule has 1 N–H and O–H groups in total. The summed E-state index contributed by atoms with van der Waals surface area (Å²) in [5.74, 6) is -0.692. The molecule has 0 bridgehead atoms. The van der Waals surface area contributed by atoms with E-state index in [1.54, 1.807) is 15.3 Å². The zero-order valence-electron chi connectivity index (χ0n) is 21.7. The predicted octanol–water partition coefficient (Wildman–Crippen LogP) is 6.40. The van der Waals surface area contributed by atoms with Crippen molar-refractivity contribution in [3.63, 3.8) is 0 Å². The van der Waals surface area contributed by atoms with E-state index in [0.717, 1.165) is 34.2 Å². The molecule has 1 aliphatic carbocycles. The molecule has 1 amide bonds. The fraction of sp³-hybridized carbons (Fsp3) is 0.267. The number of rotatable bonds is 5. The number of pyridine rings is 2. The maximum Gasteiger partial charge on any atom is 0.434 e. The Kier molecular flexibility index (Phi) is 7.03. The largest absolute Gasteiger partial charge is 0.434 e. The second kappa shape index (κ2) is 10.7. The molecule has 0 aliphatic heterocycles. The van der Waals surface area contributed by atoms with Crippen LogP contribution in [-0.2, 0) is 12.7 Å². The quantitative estimate of drug-likeness (QED) is 0.261. The Hall–Kier alpha value is -4.18. The lowest BCUT2D eigenvalue weighted by molar-refractivity contribution is -0.141. The van der Waals surface area contributed by atoms with E-state index < -0.39 is 23.3 Å². The number of amides is 1. The van der Waals surface area contributed by atoms with E-state index in [1.807, 2.05) is 54.6 Å². The van der Waals surface area contributed by atoms with Gasteiger partial charge in [0.05, 0.1) is 32.8 Å². The lowest BCUT2D eigenvalue weighted by Crippen LogP contribution is -2.39. The van der Waals surface area contributed by atoms with Gasteiger partial charge in [-0.25, -0.2) is 9.78 Å². The predicted molar refractivity (Wildman–Crippen MR) is 150 cm³/mol. The molecule has 1 fully saturated rings. The first-order valence-electron chi connectivity index (χ1n) is 13.3. The van der Waals surface area contributed by atoms with Gasteiger partial charge in [0.15, 0.2) is 5.69 Å². The summed E-state index contributed by atoms with van der Waals surface area (Å²) in [6.45, 7) is 0.488. The normalized spacial score (nSPS) is 17.7. The zero-order valence-corrected chi connectivity index (χ0v) is 22.5. The number of halogens is 4. The third kappa shape index (κ3) is 5.19. The van der Waals surface area contributed by atoms with Crippen LogP contribution < -0.4 is 11.0 Å². The number of aromatic nitrogens is 4. The molecule has 2 aromatic carbocycles. The summed E-state index contributed by atoms with van der Waals surface area (Å²) in [6.07, 6.45) is 0.365. The highest BCUT2D eigenvalue weighted by Crippen LogP contribution is 2.32. The topological polar surface area (TPSA) is 81.8 Å². The number of carbonyl (C=O) groups excluding carboxylic acids is 1. The van der Waals surface area contributed by atoms with Gasteiger partial charge >= 0.3 is 11.9 Å². The zero-order chi connectivity index (χ0) is 28.7. The Morgan fingerprint density at radius 3 is 2.46 bits per heavy atom. The first-order chi connectivity index (χ1) is 19.7. The molecule has 1 aliphatic rings. The van der Waals surface area contributed by atoms with Crippen LogP contribution in [0, 0.1) is 5.92 Å². The van der Waals surface area contributed by atoms with Gasteiger partial charge in [0, 0.05) is 30.4 Å². The van der Waals surface area contributed by atoms with E-state index in [0.29, 0.717) is 37.9 Å². The molecule has 0 atom stereocenters. The van der Waals surface area contributed by atoms with Crippen molar-refractivity contribution in [2.45, 2.75) is 44.4 Å². The maximum absolute atomic E-state index is 13.8. The Morgan fingerprint density at radius 1 is 0.976 bits per heavy atom. The summed E-state index contributed by atoms with van der Waals surface area (Å²) < 4.78 is 43.7. The van der Waals surface area contributed by atoms with Crippen molar-refractivity contribution >= 4 is 39.4 Å². The van der Waals surface area contributed by atoms with Crippen LogP contribution in [0.3, 0.4) is 0 Å². The Labute approximate surface area is 237 Å². The Balaban J connectivity index is 1.21. The molecule has 3 aromatic heterocycles. The van der Waals surface area contributed by atoms with Crippen molar-refractivity contribution < 1.29 is 18.0 Å². The molecular weight excluding hydrogens is 555 g/mol. The number of carbonyl (C=O) groups is 1. The summed E-state index contributed by atoms with van der Waals surface area (Å²) in [6, 6.07) is 17.9. The molecule has 5 aromatic rings. The fourth-order valence-corrected chi connectivity index (χ4v) is 5.89. The average Bonchev–Trinajstić information content (AvgIpc) is 3.23. The third-order valence-electron chi connectivity index (χ3n) is 7.68. The standard InChI is InChI=1S/C30H25ClF3N5O2/c31-20-15-22(27(36-16-20)30(32,33)34)28(40)37-21-12-10-18(11-13-21)17-38-23-7-1-2-8-24(23)39(29(38)41)25-9-3-5-19-6-4-14-35-26(19)25/h1-9,14-16,18,21H,10-13,17H2,(H,37,40)/t18-,21-. The molecule has 0 saturated heterocycles. The van der Waals surface area contributed by atoms with Crippen LogP contribution in [0.2, 0.25) is 5.02 Å². The number of nitrogens with zero attached hydrogens (tertiary/aromatic N) is 4. The molecule has 0 radical (unpaired) electrons. The van der Waals surface area contributed by atoms with Gasteiger partial charge in [-0.15, -0.1) is 0 Å². The van der Waals surface area contributed by atoms with Crippen LogP contribution in [0.1, 0.15) is 41.7 Å². The number of fused-ring (bicyclic) bond motifs is 2. The minimum absolute atomic E-state index is 0.0456. The number of alkyl halides is 3. The van der Waals surface area contributed by atoms with Crippen molar-refractivity contribution in [2.24, 2.45) is 5.92 Å². The highest BCUT2D eigenvalue weighted by atomic mass is 35.5. The van der Waals surface area contributed by atoms with Gasteiger partial charge in [-0.05, 0) is 61.9 Å².